The smallest absolute Gasteiger partial charge is 0.323 e. The Balaban J connectivity index is 2.11. The molecule has 1 unspecified atom stereocenters. The highest BCUT2D eigenvalue weighted by Crippen LogP contribution is 2.83. The second-order valence-electron chi connectivity index (χ2n) is 8.08. The Morgan fingerprint density at radius 3 is 1.03 bits per heavy atom. The molecule has 0 bridgehead atoms. The van der Waals surface area contributed by atoms with Crippen LogP contribution in [-0.2, 0) is 13.4 Å². The van der Waals surface area contributed by atoms with Gasteiger partial charge in [-0.15, -0.1) is 0 Å². The molecule has 0 aliphatic heterocycles. The minimum Gasteiger partial charge on any atom is -0.323 e. The van der Waals surface area contributed by atoms with E-state index in [2.05, 4.69) is 0 Å². The summed E-state index contributed by atoms with van der Waals surface area (Å²) in [5.74, 6) is 0. The minimum absolute atomic E-state index is 0.796. The third-order valence-corrected chi connectivity index (χ3v) is 17.3. The molecule has 0 saturated carbocycles. The van der Waals surface area contributed by atoms with Gasteiger partial charge in [0, 0.05) is 0 Å². The molecule has 4 aromatic rings. The van der Waals surface area contributed by atoms with Gasteiger partial charge in [-0.1, -0.05) is 121 Å². The molecule has 4 rings (SSSR count). The predicted octanol–water partition coefficient (Wildman–Crippen LogP) is 5.22. The molecular weight excluding hydrogens is 532 g/mol. The molecule has 0 amide bonds. The average molecular weight is 558 g/mol. The summed E-state index contributed by atoms with van der Waals surface area (Å²) in [6.07, 6.45) is 0. The highest BCUT2D eigenvalue weighted by molar-refractivity contribution is 8.02. The first-order valence-electron chi connectivity index (χ1n) is 11.0. The van der Waals surface area contributed by atoms with Crippen LogP contribution in [0, 0.1) is 0 Å². The van der Waals surface area contributed by atoms with Crippen LogP contribution in [0.4, 0.5) is 0 Å². The molecule has 0 aliphatic rings. The van der Waals surface area contributed by atoms with E-state index in [0.29, 0.717) is 0 Å². The van der Waals surface area contributed by atoms with Gasteiger partial charge < -0.3 is 14.7 Å². The number of hydrogen-bond acceptors (Lipinski definition) is 3. The van der Waals surface area contributed by atoms with Crippen molar-refractivity contribution in [3.8, 4) is 0 Å². The van der Waals surface area contributed by atoms with E-state index in [4.69, 9.17) is 4.31 Å². The van der Waals surface area contributed by atoms with Crippen molar-refractivity contribution < 1.29 is 28.1 Å². The van der Waals surface area contributed by atoms with Crippen LogP contribution in [0.25, 0.3) is 0 Å². The molecule has 0 spiro atoms. The number of hydrogen-bond donors (Lipinski definition) is 3. The van der Waals surface area contributed by atoms with Gasteiger partial charge in [-0.3, -0.25) is 4.57 Å². The van der Waals surface area contributed by atoms with Gasteiger partial charge in [0.05, 0.1) is 0 Å². The monoisotopic (exact) mass is 558 g/mol. The Morgan fingerprint density at radius 2 is 0.806 bits per heavy atom. The largest absolute Gasteiger partial charge is 0.476 e. The molecule has 36 heavy (non-hydrogen) atoms. The lowest BCUT2D eigenvalue weighted by Gasteiger charge is -2.46. The van der Waals surface area contributed by atoms with Crippen LogP contribution in [-0.4, -0.2) is 19.3 Å². The molecular formula is C26H26O6P4. The summed E-state index contributed by atoms with van der Waals surface area (Å²) in [6, 6.07) is 37.4. The molecule has 186 valence electrons. The SMILES string of the molecule is CC(P(c1ccccc1)c1ccccc1)(P(c1ccccc1)c1ccccc1)P(=O)(O)OP(=O)(O)O. The van der Waals surface area contributed by atoms with Gasteiger partial charge in [0.15, 0.2) is 0 Å². The zero-order valence-electron chi connectivity index (χ0n) is 19.4. The van der Waals surface area contributed by atoms with Crippen LogP contribution in [0.3, 0.4) is 0 Å². The van der Waals surface area contributed by atoms with E-state index >= 15 is 0 Å². The van der Waals surface area contributed by atoms with E-state index in [1.54, 1.807) is 6.92 Å². The Morgan fingerprint density at radius 1 is 0.556 bits per heavy atom. The molecule has 3 N–H and O–H groups in total. The molecule has 0 heterocycles. The first-order valence-corrected chi connectivity index (χ1v) is 16.8. The summed E-state index contributed by atoms with van der Waals surface area (Å²) >= 11 is 0. The third-order valence-electron chi connectivity index (χ3n) is 5.66. The average Bonchev–Trinajstić information content (AvgIpc) is 2.85. The summed E-state index contributed by atoms with van der Waals surface area (Å²) in [6.45, 7) is 1.64. The lowest BCUT2D eigenvalue weighted by molar-refractivity contribution is 0.261. The van der Waals surface area contributed by atoms with Crippen molar-refractivity contribution in [1.82, 2.24) is 0 Å². The molecule has 0 fully saturated rings. The molecule has 4 aromatic carbocycles. The normalized spacial score (nSPS) is 14.1. The van der Waals surface area contributed by atoms with E-state index < -0.39 is 35.9 Å². The van der Waals surface area contributed by atoms with E-state index in [0.717, 1.165) is 21.2 Å². The van der Waals surface area contributed by atoms with Gasteiger partial charge in [-0.05, 0) is 44.0 Å². The Labute approximate surface area is 213 Å². The van der Waals surface area contributed by atoms with Crippen molar-refractivity contribution in [2.24, 2.45) is 0 Å². The van der Waals surface area contributed by atoms with Crippen LogP contribution < -0.4 is 21.2 Å². The predicted molar refractivity (Wildman–Crippen MR) is 150 cm³/mol. The highest BCUT2D eigenvalue weighted by Gasteiger charge is 2.59. The Bertz CT molecular complexity index is 1200. The van der Waals surface area contributed by atoms with Crippen molar-refractivity contribution >= 4 is 52.5 Å². The summed E-state index contributed by atoms with van der Waals surface area (Å²) in [4.78, 5) is 31.1. The minimum atomic E-state index is -5.32. The Hall–Kier alpha value is -1.96. The van der Waals surface area contributed by atoms with Crippen LogP contribution >= 0.6 is 31.3 Å². The van der Waals surface area contributed by atoms with E-state index in [1.807, 2.05) is 121 Å². The first-order chi connectivity index (χ1) is 17.1. The Kier molecular flexibility index (Phi) is 8.42. The number of rotatable bonds is 9. The summed E-state index contributed by atoms with van der Waals surface area (Å²) < 4.78 is 29.6. The van der Waals surface area contributed by atoms with Crippen molar-refractivity contribution in [1.29, 1.82) is 0 Å². The van der Waals surface area contributed by atoms with E-state index in [1.165, 1.54) is 0 Å². The lowest BCUT2D eigenvalue weighted by atomic mass is 10.4. The fourth-order valence-corrected chi connectivity index (χ4v) is 16.6. The maximum atomic E-state index is 14.3. The van der Waals surface area contributed by atoms with Crippen LogP contribution in [0.1, 0.15) is 6.92 Å². The van der Waals surface area contributed by atoms with Gasteiger partial charge in [-0.25, -0.2) is 8.88 Å². The van der Waals surface area contributed by atoms with E-state index in [9.17, 15) is 23.8 Å². The standard InChI is InChI=1S/C26H26O6P4/c1-26(35(27,28)32-36(29,30)31,33(22-14-6-2-7-15-22)23-16-8-3-9-17-23)34(24-18-10-4-11-19-24)25-20-12-5-13-21-25/h2-21H,1H3,(H,27,28)(H2,29,30,31). The van der Waals surface area contributed by atoms with Crippen LogP contribution in [0.2, 0.25) is 0 Å². The first kappa shape index (κ1) is 27.1. The fraction of sp³-hybridized carbons (Fsp3) is 0.0769. The molecule has 10 heteroatoms. The van der Waals surface area contributed by atoms with Gasteiger partial charge in [0.2, 0.25) is 0 Å². The molecule has 1 atom stereocenters. The van der Waals surface area contributed by atoms with Crippen LogP contribution in [0.5, 0.6) is 0 Å². The third kappa shape index (κ3) is 5.79. The molecule has 0 aromatic heterocycles. The molecule has 0 aliphatic carbocycles. The zero-order chi connectivity index (χ0) is 25.8. The highest BCUT2D eigenvalue weighted by atomic mass is 31.3. The van der Waals surface area contributed by atoms with Gasteiger partial charge in [0.1, 0.15) is 4.64 Å². The molecule has 0 saturated heterocycles. The summed E-state index contributed by atoms with van der Waals surface area (Å²) in [5.41, 5.74) is 0. The van der Waals surface area contributed by atoms with Crippen molar-refractivity contribution in [3.05, 3.63) is 121 Å². The number of phosphoric acid groups is 1. The van der Waals surface area contributed by atoms with Crippen molar-refractivity contribution in [2.45, 2.75) is 11.6 Å². The zero-order valence-corrected chi connectivity index (χ0v) is 23.0. The number of benzene rings is 4. The topological polar surface area (TPSA) is 104 Å². The van der Waals surface area contributed by atoms with Crippen LogP contribution in [0.15, 0.2) is 121 Å². The van der Waals surface area contributed by atoms with Gasteiger partial charge >= 0.3 is 15.4 Å². The summed E-state index contributed by atoms with van der Waals surface area (Å²) in [5, 5.41) is 3.18. The van der Waals surface area contributed by atoms with Gasteiger partial charge in [-0.2, -0.15) is 0 Å². The maximum absolute atomic E-state index is 14.3. The quantitative estimate of drug-likeness (QED) is 0.244. The van der Waals surface area contributed by atoms with E-state index in [-0.39, 0.29) is 0 Å². The summed E-state index contributed by atoms with van der Waals surface area (Å²) in [7, 11) is -13.7. The van der Waals surface area contributed by atoms with Crippen molar-refractivity contribution in [3.63, 3.8) is 0 Å². The maximum Gasteiger partial charge on any atom is 0.476 e. The second kappa shape index (κ2) is 11.2. The van der Waals surface area contributed by atoms with Crippen molar-refractivity contribution in [2.75, 3.05) is 0 Å². The fourth-order valence-electron chi connectivity index (χ4n) is 4.16. The lowest BCUT2D eigenvalue weighted by Crippen LogP contribution is -2.37. The molecule has 6 nitrogen and oxygen atoms in total. The second-order valence-corrected chi connectivity index (χ2v) is 17.9. The molecule has 0 radical (unpaired) electrons. The van der Waals surface area contributed by atoms with Gasteiger partial charge in [0.25, 0.3) is 0 Å².